The fourth-order valence-electron chi connectivity index (χ4n) is 10.9. The van der Waals surface area contributed by atoms with Crippen LogP contribution >= 0.6 is 23.4 Å². The van der Waals surface area contributed by atoms with Crippen LogP contribution < -0.4 is 35.8 Å². The van der Waals surface area contributed by atoms with E-state index >= 15 is 8.78 Å². The number of benzene rings is 3. The summed E-state index contributed by atoms with van der Waals surface area (Å²) in [6.45, 7) is 9.46. The van der Waals surface area contributed by atoms with Gasteiger partial charge in [-0.1, -0.05) is 0 Å². The summed E-state index contributed by atoms with van der Waals surface area (Å²) >= 11 is 3.66. The van der Waals surface area contributed by atoms with E-state index in [1.165, 1.54) is 17.7 Å². The van der Waals surface area contributed by atoms with Gasteiger partial charge >= 0.3 is 224 Å². The van der Waals surface area contributed by atoms with Crippen LogP contribution in [0.15, 0.2) is 71.4 Å². The van der Waals surface area contributed by atoms with E-state index in [-0.39, 0.29) is 30.2 Å². The fraction of sp³-hybridized carbons (Fsp3) is 0.412. The van der Waals surface area contributed by atoms with Gasteiger partial charge in [0.2, 0.25) is 17.7 Å². The summed E-state index contributed by atoms with van der Waals surface area (Å²) in [5.74, 6) is -2.41. The fourth-order valence-corrected chi connectivity index (χ4v) is 14.3. The van der Waals surface area contributed by atoms with E-state index in [1.54, 1.807) is 18.2 Å². The van der Waals surface area contributed by atoms with Gasteiger partial charge in [0, 0.05) is 76.1 Å². The van der Waals surface area contributed by atoms with E-state index in [2.05, 4.69) is 83.9 Å². The number of allylic oxidation sites excluding steroid dienone is 2. The minimum absolute atomic E-state index is 0.0273. The number of fused-ring (bicyclic) bond motifs is 1. The molecular weight excluding hydrogens is 981 g/mol. The van der Waals surface area contributed by atoms with Gasteiger partial charge in [-0.05, 0) is 31.4 Å². The van der Waals surface area contributed by atoms with E-state index in [4.69, 9.17) is 14.7 Å². The molecule has 19 heteroatoms. The third-order valence-corrected chi connectivity index (χ3v) is 18.6. The molecule has 0 aliphatic carbocycles. The number of hydrogen-bond acceptors (Lipinski definition) is 13. The molecular formula is C51H58BrF2N10O5P. The van der Waals surface area contributed by atoms with E-state index in [1.807, 2.05) is 30.0 Å². The zero-order valence-corrected chi connectivity index (χ0v) is 42.1. The molecule has 0 bridgehead atoms. The number of amides is 3. The van der Waals surface area contributed by atoms with Crippen molar-refractivity contribution >= 4 is 91.9 Å². The molecule has 3 aromatic carbocycles. The Balaban J connectivity index is 0.741. The molecule has 0 radical (unpaired) electrons. The molecule has 15 nitrogen and oxygen atoms in total. The molecule has 7 heterocycles. The number of rotatable bonds is 12. The van der Waals surface area contributed by atoms with Crippen molar-refractivity contribution < 1.29 is 32.8 Å². The number of aryl methyl sites for hydroxylation is 2. The van der Waals surface area contributed by atoms with Gasteiger partial charge in [-0.15, -0.1) is 0 Å². The molecule has 5 aliphatic rings. The van der Waals surface area contributed by atoms with Crippen molar-refractivity contribution in [2.45, 2.75) is 57.9 Å². The molecule has 1 atom stereocenters. The molecule has 5 aliphatic heterocycles. The van der Waals surface area contributed by atoms with Crippen molar-refractivity contribution in [3.8, 4) is 5.75 Å². The second-order valence-electron chi connectivity index (χ2n) is 19.1. The summed E-state index contributed by atoms with van der Waals surface area (Å²) in [6.07, 6.45) is 10.00. The predicted molar refractivity (Wildman–Crippen MR) is 275 cm³/mol. The predicted octanol–water partition coefficient (Wildman–Crippen LogP) is 7.05. The number of nitrogens with one attached hydrogen (secondary N) is 3. The first kappa shape index (κ1) is 47.8. The molecule has 2 aromatic heterocycles. The number of imide groups is 1. The topological polar surface area (TPSA) is 168 Å². The van der Waals surface area contributed by atoms with Gasteiger partial charge in [0.25, 0.3) is 0 Å². The molecule has 368 valence electrons. The number of hydrogen-bond donors (Lipinski definition) is 4. The number of anilines is 6. The summed E-state index contributed by atoms with van der Waals surface area (Å²) in [5.41, 5.74) is 5.65. The van der Waals surface area contributed by atoms with Gasteiger partial charge in [-0.3, -0.25) is 24.6 Å². The second kappa shape index (κ2) is 19.8. The normalized spacial score (nSPS) is 20.4. The number of piperidine rings is 2. The van der Waals surface area contributed by atoms with Crippen LogP contribution in [0.25, 0.3) is 10.9 Å². The molecule has 0 spiro atoms. The SMILES string of the molecule is CCc1cc(Nc2ncc(Br)c(Nc3ccc4nc(C)ccc4c3[PH]3(O)CC=CC3)n2)c(OC)cc1N1CCC(N2CCN(C(=O)C3CN(c4cc(F)c(C5CCC(=O)NC5=O)c(F)c4)C3)CC2)CC1. The number of carbonyl (C=O) groups is 3. The second-order valence-corrected chi connectivity index (χ2v) is 23.3. The Bertz CT molecular complexity index is 2870. The third kappa shape index (κ3) is 9.42. The number of piperazine rings is 1. The van der Waals surface area contributed by atoms with Crippen LogP contribution in [0.5, 0.6) is 5.75 Å². The number of nitrogens with zero attached hydrogens (tertiary/aromatic N) is 7. The third-order valence-electron chi connectivity index (χ3n) is 14.8. The average Bonchev–Trinajstić information content (AvgIpc) is 3.79. The molecule has 3 amide bonds. The number of aromatic nitrogens is 3. The van der Waals surface area contributed by atoms with Crippen LogP contribution in [0.3, 0.4) is 0 Å². The van der Waals surface area contributed by atoms with Gasteiger partial charge in [0.1, 0.15) is 11.6 Å². The van der Waals surface area contributed by atoms with Crippen molar-refractivity contribution in [3.05, 3.63) is 99.8 Å². The Morgan fingerprint density at radius 2 is 1.64 bits per heavy atom. The monoisotopic (exact) mass is 1040 g/mol. The van der Waals surface area contributed by atoms with Crippen molar-refractivity contribution in [1.29, 1.82) is 0 Å². The molecule has 4 saturated heterocycles. The smallest absolute Gasteiger partial charge is 0.370 e. The maximum absolute atomic E-state index is 15.2. The minimum Gasteiger partial charge on any atom is -0.370 e. The van der Waals surface area contributed by atoms with E-state index in [0.717, 1.165) is 84.4 Å². The van der Waals surface area contributed by atoms with Crippen LogP contribution in [-0.2, 0) is 20.8 Å². The van der Waals surface area contributed by atoms with Crippen molar-refractivity contribution in [3.63, 3.8) is 0 Å². The van der Waals surface area contributed by atoms with Crippen molar-refractivity contribution in [2.75, 3.05) is 92.2 Å². The van der Waals surface area contributed by atoms with Crippen molar-refractivity contribution in [1.82, 2.24) is 30.1 Å². The zero-order valence-electron chi connectivity index (χ0n) is 39.5. The van der Waals surface area contributed by atoms with Crippen LogP contribution in [0.1, 0.15) is 55.3 Å². The summed E-state index contributed by atoms with van der Waals surface area (Å²) in [6, 6.07) is 15.1. The number of carbonyl (C=O) groups excluding carboxylic acids is 3. The summed E-state index contributed by atoms with van der Waals surface area (Å²) in [5, 5.41) is 11.0. The Hall–Kier alpha value is -5.81. The standard InChI is InChI=1S/C51H58BrF2N10O5P/c1-4-31-23-42(58-51-55-27-37(52)48(60-51)57-41-11-10-40-35(8-7-30(2)56-40)47(41)70(68)21-5-6-22-70)44(69-3)26-43(31)62-15-13-33(14-16-62)61-17-19-63(20-18-61)50(67)32-28-64(29-32)34-24-38(53)46(39(54)25-34)36-9-12-45(65)59-49(36)66/h5-8,10-11,23-27,32-33,36,68,70H,4,9,12-22,28-29H2,1-3H3,(H,59,65,66)(H2,55,57,58,60). The van der Waals surface area contributed by atoms with Crippen molar-refractivity contribution in [2.24, 2.45) is 5.92 Å². The number of halogens is 3. The molecule has 0 saturated carbocycles. The Kier molecular flexibility index (Phi) is 13.5. The first-order chi connectivity index (χ1) is 33.8. The van der Waals surface area contributed by atoms with Crippen LogP contribution in [0, 0.1) is 24.5 Å². The summed E-state index contributed by atoms with van der Waals surface area (Å²) < 4.78 is 37.0. The van der Waals surface area contributed by atoms with Crippen LogP contribution in [-0.4, -0.2) is 125 Å². The first-order valence-corrected chi connectivity index (χ1v) is 27.4. The maximum atomic E-state index is 15.2. The van der Waals surface area contributed by atoms with E-state index < -0.39 is 36.9 Å². The van der Waals surface area contributed by atoms with Crippen LogP contribution in [0.4, 0.5) is 43.3 Å². The molecule has 5 aromatic rings. The van der Waals surface area contributed by atoms with Gasteiger partial charge in [-0.25, -0.2) is 8.78 Å². The van der Waals surface area contributed by atoms with Crippen LogP contribution in [0.2, 0.25) is 0 Å². The first-order valence-electron chi connectivity index (χ1n) is 24.2. The summed E-state index contributed by atoms with van der Waals surface area (Å²) in [7, 11) is -1.20. The number of ether oxygens (including phenoxy) is 1. The minimum atomic E-state index is -2.87. The Morgan fingerprint density at radius 1 is 0.914 bits per heavy atom. The molecule has 10 rings (SSSR count). The van der Waals surface area contributed by atoms with Gasteiger partial charge in [0.05, 0.1) is 11.8 Å². The molecule has 4 fully saturated rings. The quantitative estimate of drug-likeness (QED) is 0.0571. The molecule has 70 heavy (non-hydrogen) atoms. The number of methoxy groups -OCH3 is 1. The van der Waals surface area contributed by atoms with Gasteiger partial charge < -0.3 is 9.80 Å². The molecule has 1 unspecified atom stereocenters. The van der Waals surface area contributed by atoms with E-state index in [9.17, 15) is 19.3 Å². The zero-order chi connectivity index (χ0) is 48.8. The Morgan fingerprint density at radius 3 is 2.33 bits per heavy atom. The average molecular weight is 1040 g/mol. The summed E-state index contributed by atoms with van der Waals surface area (Å²) in [4.78, 5) is 72.4. The van der Waals surface area contributed by atoms with Gasteiger partial charge in [0.15, 0.2) is 0 Å². The Labute approximate surface area is 414 Å². The molecule has 4 N–H and O–H groups in total. The number of pyridine rings is 1. The van der Waals surface area contributed by atoms with Gasteiger partial charge in [-0.2, -0.15) is 0 Å². The van der Waals surface area contributed by atoms with E-state index in [0.29, 0.717) is 72.2 Å².